The Morgan fingerprint density at radius 1 is 1.18 bits per heavy atom. The van der Waals surface area contributed by atoms with Crippen molar-refractivity contribution in [2.24, 2.45) is 29.4 Å². The van der Waals surface area contributed by atoms with Gasteiger partial charge in [0.1, 0.15) is 0 Å². The van der Waals surface area contributed by atoms with E-state index in [1.165, 1.54) is 19.3 Å². The van der Waals surface area contributed by atoms with Gasteiger partial charge >= 0.3 is 5.97 Å². The zero-order chi connectivity index (χ0) is 19.9. The quantitative estimate of drug-likeness (QED) is 0.622. The Morgan fingerprint density at radius 2 is 1.71 bits per heavy atom. The monoisotopic (exact) mass is 405 g/mol. The predicted octanol–water partition coefficient (Wildman–Crippen LogP) is 4.50. The van der Waals surface area contributed by atoms with E-state index in [4.69, 9.17) is 10.3 Å². The summed E-state index contributed by atoms with van der Waals surface area (Å²) >= 11 is 0. The highest BCUT2D eigenvalue weighted by Crippen LogP contribution is 2.64. The standard InChI is InChI=1S/C22H32NO4P/c1-15(21(24)25)14-28(26,20(23)10-16-5-3-2-4-6-16)27-22-11-17-7-18(12-22)9-19(8-17)13-22/h2-6,15,17-20H,7-14,23H2,1H3,(H,24,25). The summed E-state index contributed by atoms with van der Waals surface area (Å²) in [6.07, 6.45) is 7.15. The summed E-state index contributed by atoms with van der Waals surface area (Å²) in [4.78, 5) is 11.5. The maximum atomic E-state index is 14.1. The molecule has 1 aromatic carbocycles. The molecule has 3 atom stereocenters. The Labute approximate surface area is 167 Å². The summed E-state index contributed by atoms with van der Waals surface area (Å²) in [5.74, 6) is -0.349. The minimum Gasteiger partial charge on any atom is -0.481 e. The fourth-order valence-corrected chi connectivity index (χ4v) is 8.93. The van der Waals surface area contributed by atoms with Crippen molar-refractivity contribution in [3.63, 3.8) is 0 Å². The van der Waals surface area contributed by atoms with Gasteiger partial charge in [0.05, 0.1) is 17.3 Å². The maximum Gasteiger partial charge on any atom is 0.306 e. The van der Waals surface area contributed by atoms with Gasteiger partial charge < -0.3 is 15.4 Å². The Bertz CT molecular complexity index is 730. The van der Waals surface area contributed by atoms with Gasteiger partial charge in [-0.05, 0) is 68.3 Å². The first-order chi connectivity index (χ1) is 13.3. The van der Waals surface area contributed by atoms with Crippen LogP contribution in [-0.2, 0) is 20.3 Å². The highest BCUT2D eigenvalue weighted by atomic mass is 31.2. The van der Waals surface area contributed by atoms with E-state index in [0.717, 1.165) is 24.8 Å². The van der Waals surface area contributed by atoms with E-state index in [1.807, 2.05) is 30.3 Å². The lowest BCUT2D eigenvalue weighted by Crippen LogP contribution is -2.52. The van der Waals surface area contributed by atoms with Crippen molar-refractivity contribution < 1.29 is 19.0 Å². The fraction of sp³-hybridized carbons (Fsp3) is 0.682. The molecule has 0 saturated heterocycles. The second-order valence-electron chi connectivity index (χ2n) is 9.60. The van der Waals surface area contributed by atoms with Gasteiger partial charge in [-0.3, -0.25) is 9.36 Å². The van der Waals surface area contributed by atoms with Crippen molar-refractivity contribution in [2.75, 3.05) is 6.16 Å². The fourth-order valence-electron chi connectivity index (χ4n) is 6.17. The lowest BCUT2D eigenvalue weighted by atomic mass is 9.54. The molecule has 28 heavy (non-hydrogen) atoms. The Kier molecular flexibility index (Phi) is 5.45. The van der Waals surface area contributed by atoms with Crippen LogP contribution in [0.5, 0.6) is 0 Å². The van der Waals surface area contributed by atoms with Crippen LogP contribution in [0.4, 0.5) is 0 Å². The molecule has 0 radical (unpaired) electrons. The van der Waals surface area contributed by atoms with Crippen LogP contribution < -0.4 is 5.73 Å². The molecule has 0 amide bonds. The first-order valence-corrected chi connectivity index (χ1v) is 12.5. The number of rotatable bonds is 8. The number of hydrogen-bond donors (Lipinski definition) is 2. The molecule has 5 rings (SSSR count). The molecule has 0 aliphatic heterocycles. The summed E-state index contributed by atoms with van der Waals surface area (Å²) in [5.41, 5.74) is 7.14. The molecule has 4 aliphatic carbocycles. The summed E-state index contributed by atoms with van der Waals surface area (Å²) in [6, 6.07) is 9.75. The summed E-state index contributed by atoms with van der Waals surface area (Å²) < 4.78 is 20.7. The summed E-state index contributed by atoms with van der Waals surface area (Å²) in [7, 11) is -3.34. The molecule has 0 aromatic heterocycles. The average Bonchev–Trinajstić information content (AvgIpc) is 2.60. The lowest BCUT2D eigenvalue weighted by molar-refractivity contribution is -0.140. The van der Waals surface area contributed by atoms with Crippen LogP contribution in [0.1, 0.15) is 51.0 Å². The summed E-state index contributed by atoms with van der Waals surface area (Å²) in [6.45, 7) is 1.60. The third kappa shape index (κ3) is 4.08. The topological polar surface area (TPSA) is 89.6 Å². The van der Waals surface area contributed by atoms with E-state index in [9.17, 15) is 14.5 Å². The average molecular weight is 405 g/mol. The third-order valence-corrected chi connectivity index (χ3v) is 10.0. The Hall–Kier alpha value is -1.16. The third-order valence-electron chi connectivity index (χ3n) is 7.07. The molecule has 4 aliphatic rings. The first kappa shape index (κ1) is 20.1. The number of hydrogen-bond acceptors (Lipinski definition) is 4. The van der Waals surface area contributed by atoms with Crippen LogP contribution in [0.2, 0.25) is 0 Å². The highest BCUT2D eigenvalue weighted by molar-refractivity contribution is 7.59. The molecule has 0 spiro atoms. The van der Waals surface area contributed by atoms with E-state index in [0.29, 0.717) is 24.2 Å². The van der Waals surface area contributed by atoms with Gasteiger partial charge in [-0.15, -0.1) is 0 Å². The van der Waals surface area contributed by atoms with Crippen LogP contribution in [0.3, 0.4) is 0 Å². The zero-order valence-electron chi connectivity index (χ0n) is 16.6. The van der Waals surface area contributed by atoms with Gasteiger partial charge in [0.25, 0.3) is 0 Å². The first-order valence-electron chi connectivity index (χ1n) is 10.6. The van der Waals surface area contributed by atoms with Crippen LogP contribution in [-0.4, -0.2) is 28.6 Å². The number of carbonyl (C=O) groups is 1. The van der Waals surface area contributed by atoms with Crippen LogP contribution in [0.15, 0.2) is 30.3 Å². The molecule has 154 valence electrons. The van der Waals surface area contributed by atoms with E-state index >= 15 is 0 Å². The molecule has 3 unspecified atom stereocenters. The smallest absolute Gasteiger partial charge is 0.306 e. The largest absolute Gasteiger partial charge is 0.481 e. The maximum absolute atomic E-state index is 14.1. The van der Waals surface area contributed by atoms with Crippen molar-refractivity contribution >= 4 is 13.3 Å². The van der Waals surface area contributed by atoms with Gasteiger partial charge in [-0.2, -0.15) is 0 Å². The van der Waals surface area contributed by atoms with E-state index in [2.05, 4.69) is 0 Å². The van der Waals surface area contributed by atoms with Gasteiger partial charge in [0, 0.05) is 6.16 Å². The highest BCUT2D eigenvalue weighted by Gasteiger charge is 2.55. The summed E-state index contributed by atoms with van der Waals surface area (Å²) in [5, 5.41) is 9.43. The van der Waals surface area contributed by atoms with Gasteiger partial charge in [0.15, 0.2) is 0 Å². The second kappa shape index (κ2) is 7.59. The molecule has 1 aromatic rings. The van der Waals surface area contributed by atoms with E-state index in [-0.39, 0.29) is 11.8 Å². The van der Waals surface area contributed by atoms with Gasteiger partial charge in [-0.25, -0.2) is 0 Å². The van der Waals surface area contributed by atoms with Crippen LogP contribution >= 0.6 is 7.37 Å². The minimum atomic E-state index is -3.34. The molecule has 0 heterocycles. The number of carboxylic acid groups (broad SMARTS) is 1. The molecule has 5 nitrogen and oxygen atoms in total. The van der Waals surface area contributed by atoms with Crippen LogP contribution in [0.25, 0.3) is 0 Å². The van der Waals surface area contributed by atoms with Crippen molar-refractivity contribution in [2.45, 2.75) is 63.3 Å². The molecule has 4 fully saturated rings. The molecule has 6 heteroatoms. The molecule has 3 N–H and O–H groups in total. The molecular formula is C22H32NO4P. The van der Waals surface area contributed by atoms with Crippen LogP contribution in [0, 0.1) is 23.7 Å². The lowest BCUT2D eigenvalue weighted by Gasteiger charge is -2.57. The zero-order valence-corrected chi connectivity index (χ0v) is 17.5. The second-order valence-corrected chi connectivity index (χ2v) is 12.3. The molecule has 4 saturated carbocycles. The van der Waals surface area contributed by atoms with E-state index in [1.54, 1.807) is 6.92 Å². The SMILES string of the molecule is CC(CP(=O)(OC12CC3CC(CC(C3)C1)C2)C(N)Cc1ccccc1)C(=O)O. The van der Waals surface area contributed by atoms with Crippen molar-refractivity contribution in [1.29, 1.82) is 0 Å². The number of nitrogens with two attached hydrogens (primary N) is 1. The predicted molar refractivity (Wildman–Crippen MR) is 109 cm³/mol. The normalized spacial score (nSPS) is 35.3. The molecular weight excluding hydrogens is 373 g/mol. The van der Waals surface area contributed by atoms with E-state index < -0.39 is 25.0 Å². The minimum absolute atomic E-state index is 0.0120. The number of benzene rings is 1. The Morgan fingerprint density at radius 3 is 2.21 bits per heavy atom. The van der Waals surface area contributed by atoms with Crippen molar-refractivity contribution in [1.82, 2.24) is 0 Å². The number of carboxylic acids is 1. The number of aliphatic carboxylic acids is 1. The van der Waals surface area contributed by atoms with Crippen molar-refractivity contribution in [3.05, 3.63) is 35.9 Å². The van der Waals surface area contributed by atoms with Gasteiger partial charge in [-0.1, -0.05) is 37.3 Å². The molecule has 4 bridgehead atoms. The Balaban J connectivity index is 1.58. The van der Waals surface area contributed by atoms with Crippen molar-refractivity contribution in [3.8, 4) is 0 Å². The van der Waals surface area contributed by atoms with Gasteiger partial charge in [0.2, 0.25) is 7.37 Å².